The number of hydrogen-bond acceptors (Lipinski definition) is 3. The van der Waals surface area contributed by atoms with Gasteiger partial charge in [0.1, 0.15) is 0 Å². The van der Waals surface area contributed by atoms with E-state index < -0.39 is 0 Å². The quantitative estimate of drug-likeness (QED) is 0.738. The minimum Gasteiger partial charge on any atom is -0.351 e. The van der Waals surface area contributed by atoms with Crippen LogP contribution in [0.2, 0.25) is 0 Å². The first-order valence-corrected chi connectivity index (χ1v) is 6.94. The van der Waals surface area contributed by atoms with E-state index in [1.54, 1.807) is 0 Å². The van der Waals surface area contributed by atoms with Gasteiger partial charge in [-0.25, -0.2) is 0 Å². The maximum absolute atomic E-state index is 11.8. The summed E-state index contributed by atoms with van der Waals surface area (Å²) in [5.74, 6) is 0.872. The highest BCUT2D eigenvalue weighted by atomic mass is 16.2. The Hall–Kier alpha value is -0.610. The van der Waals surface area contributed by atoms with Crippen LogP contribution >= 0.6 is 0 Å². The molecule has 3 heterocycles. The number of rotatable bonds is 5. The number of piperidine rings is 3. The van der Waals surface area contributed by atoms with Crippen molar-refractivity contribution in [3.8, 4) is 0 Å². The highest BCUT2D eigenvalue weighted by Gasteiger charge is 2.34. The highest BCUT2D eigenvalue weighted by molar-refractivity contribution is 5.78. The summed E-state index contributed by atoms with van der Waals surface area (Å²) in [6.07, 6.45) is 3.57. The predicted octanol–water partition coefficient (Wildman–Crippen LogP) is 0.585. The molecule has 0 aliphatic carbocycles. The molecule has 0 saturated carbocycles. The van der Waals surface area contributed by atoms with Crippen LogP contribution < -0.4 is 10.6 Å². The molecule has 3 aliphatic heterocycles. The highest BCUT2D eigenvalue weighted by Crippen LogP contribution is 2.27. The molecule has 4 heteroatoms. The van der Waals surface area contributed by atoms with Crippen LogP contribution in [0.4, 0.5) is 0 Å². The molecule has 3 saturated heterocycles. The van der Waals surface area contributed by atoms with Crippen molar-refractivity contribution in [3.05, 3.63) is 0 Å². The molecule has 4 nitrogen and oxygen atoms in total. The van der Waals surface area contributed by atoms with Gasteiger partial charge >= 0.3 is 0 Å². The van der Waals surface area contributed by atoms with Gasteiger partial charge in [-0.05, 0) is 45.2 Å². The third-order valence-electron chi connectivity index (χ3n) is 4.23. The van der Waals surface area contributed by atoms with Crippen molar-refractivity contribution >= 4 is 5.91 Å². The van der Waals surface area contributed by atoms with Crippen molar-refractivity contribution in [1.82, 2.24) is 15.5 Å². The Bertz CT molecular complexity index is 261. The van der Waals surface area contributed by atoms with Gasteiger partial charge in [0.05, 0.1) is 6.54 Å². The summed E-state index contributed by atoms with van der Waals surface area (Å²) >= 11 is 0. The molecule has 3 aliphatic rings. The molecule has 2 unspecified atom stereocenters. The van der Waals surface area contributed by atoms with Crippen LogP contribution in [0, 0.1) is 5.92 Å². The van der Waals surface area contributed by atoms with Gasteiger partial charge in [-0.3, -0.25) is 4.79 Å². The molecule has 2 bridgehead atoms. The lowest BCUT2D eigenvalue weighted by molar-refractivity contribution is -0.122. The first kappa shape index (κ1) is 12.8. The first-order chi connectivity index (χ1) is 8.19. The molecular formula is C13H25N3O. The number of fused-ring (bicyclic) bond motifs is 3. The summed E-state index contributed by atoms with van der Waals surface area (Å²) in [7, 11) is 0. The van der Waals surface area contributed by atoms with Gasteiger partial charge < -0.3 is 15.5 Å². The van der Waals surface area contributed by atoms with Gasteiger partial charge in [0.25, 0.3) is 0 Å². The fraction of sp³-hybridized carbons (Fsp3) is 0.923. The standard InChI is InChI=1S/C13H25N3O/c1-3-10(2)14-8-13(17)15-12-9-16-6-4-11(12)5-7-16/h10-12,14H,3-9H2,1-2H3,(H,15,17). The van der Waals surface area contributed by atoms with Crippen LogP contribution in [0.1, 0.15) is 33.1 Å². The maximum Gasteiger partial charge on any atom is 0.234 e. The summed E-state index contributed by atoms with van der Waals surface area (Å²) in [6.45, 7) is 8.20. The Morgan fingerprint density at radius 2 is 2.12 bits per heavy atom. The van der Waals surface area contributed by atoms with Gasteiger partial charge in [0, 0.05) is 18.6 Å². The van der Waals surface area contributed by atoms with E-state index in [0.717, 1.165) is 13.0 Å². The van der Waals surface area contributed by atoms with Gasteiger partial charge in [0.15, 0.2) is 0 Å². The number of amides is 1. The normalized spacial score (nSPS) is 33.4. The second kappa shape index (κ2) is 5.83. The Labute approximate surface area is 104 Å². The third-order valence-corrected chi connectivity index (χ3v) is 4.23. The molecule has 0 aromatic heterocycles. The number of hydrogen-bond donors (Lipinski definition) is 2. The predicted molar refractivity (Wildman–Crippen MR) is 68.9 cm³/mol. The Kier molecular flexibility index (Phi) is 4.40. The Morgan fingerprint density at radius 3 is 2.65 bits per heavy atom. The topological polar surface area (TPSA) is 44.4 Å². The molecule has 1 amide bonds. The third kappa shape index (κ3) is 3.42. The molecule has 3 fully saturated rings. The molecule has 98 valence electrons. The number of nitrogens with one attached hydrogen (secondary N) is 2. The van der Waals surface area contributed by atoms with Crippen LogP contribution in [-0.4, -0.2) is 49.1 Å². The van der Waals surface area contributed by atoms with Crippen LogP contribution in [-0.2, 0) is 4.79 Å². The molecule has 3 rings (SSSR count). The van der Waals surface area contributed by atoms with Crippen LogP contribution in [0.5, 0.6) is 0 Å². The van der Waals surface area contributed by atoms with Crippen LogP contribution in [0.15, 0.2) is 0 Å². The zero-order chi connectivity index (χ0) is 12.3. The molecule has 2 N–H and O–H groups in total. The lowest BCUT2D eigenvalue weighted by atomic mass is 9.84. The summed E-state index contributed by atoms with van der Waals surface area (Å²) in [4.78, 5) is 14.3. The second-order valence-electron chi connectivity index (χ2n) is 5.50. The summed E-state index contributed by atoms with van der Waals surface area (Å²) in [6, 6.07) is 0.816. The first-order valence-electron chi connectivity index (χ1n) is 6.94. The fourth-order valence-corrected chi connectivity index (χ4v) is 2.80. The molecule has 0 spiro atoms. The van der Waals surface area contributed by atoms with E-state index in [1.165, 1.54) is 25.9 Å². The van der Waals surface area contributed by atoms with E-state index in [0.29, 0.717) is 24.5 Å². The smallest absolute Gasteiger partial charge is 0.234 e. The van der Waals surface area contributed by atoms with E-state index in [4.69, 9.17) is 0 Å². The number of nitrogens with zero attached hydrogens (tertiary/aromatic N) is 1. The van der Waals surface area contributed by atoms with Gasteiger partial charge in [-0.2, -0.15) is 0 Å². The van der Waals surface area contributed by atoms with Crippen molar-refractivity contribution in [2.75, 3.05) is 26.2 Å². The molecule has 0 radical (unpaired) electrons. The number of carbonyl (C=O) groups is 1. The van der Waals surface area contributed by atoms with Crippen LogP contribution in [0.25, 0.3) is 0 Å². The van der Waals surface area contributed by atoms with Crippen molar-refractivity contribution < 1.29 is 4.79 Å². The van der Waals surface area contributed by atoms with Crippen molar-refractivity contribution in [2.45, 2.75) is 45.2 Å². The molecular weight excluding hydrogens is 214 g/mol. The summed E-state index contributed by atoms with van der Waals surface area (Å²) < 4.78 is 0. The molecule has 2 atom stereocenters. The largest absolute Gasteiger partial charge is 0.351 e. The Morgan fingerprint density at radius 1 is 1.41 bits per heavy atom. The van der Waals surface area contributed by atoms with Crippen molar-refractivity contribution in [1.29, 1.82) is 0 Å². The van der Waals surface area contributed by atoms with E-state index in [1.807, 2.05) is 0 Å². The minimum atomic E-state index is 0.157. The van der Waals surface area contributed by atoms with E-state index >= 15 is 0 Å². The zero-order valence-corrected chi connectivity index (χ0v) is 11.0. The Balaban J connectivity index is 1.71. The monoisotopic (exact) mass is 239 g/mol. The fourth-order valence-electron chi connectivity index (χ4n) is 2.80. The summed E-state index contributed by atoms with van der Waals surface area (Å²) in [5, 5.41) is 6.43. The van der Waals surface area contributed by atoms with E-state index in [2.05, 4.69) is 29.4 Å². The minimum absolute atomic E-state index is 0.157. The molecule has 17 heavy (non-hydrogen) atoms. The van der Waals surface area contributed by atoms with Crippen LogP contribution in [0.3, 0.4) is 0 Å². The van der Waals surface area contributed by atoms with Gasteiger partial charge in [-0.1, -0.05) is 6.92 Å². The second-order valence-corrected chi connectivity index (χ2v) is 5.50. The summed E-state index contributed by atoms with van der Waals surface area (Å²) in [5.41, 5.74) is 0. The van der Waals surface area contributed by atoms with E-state index in [9.17, 15) is 4.79 Å². The lowest BCUT2D eigenvalue weighted by Gasteiger charge is -2.45. The average molecular weight is 239 g/mol. The lowest BCUT2D eigenvalue weighted by Crippen LogP contribution is -2.58. The van der Waals surface area contributed by atoms with Gasteiger partial charge in [0.2, 0.25) is 5.91 Å². The molecule has 0 aromatic carbocycles. The SMILES string of the molecule is CCC(C)NCC(=O)NC1CN2CCC1CC2. The maximum atomic E-state index is 11.8. The van der Waals surface area contributed by atoms with Gasteiger partial charge in [-0.15, -0.1) is 0 Å². The van der Waals surface area contributed by atoms with Crippen molar-refractivity contribution in [3.63, 3.8) is 0 Å². The van der Waals surface area contributed by atoms with Crippen molar-refractivity contribution in [2.24, 2.45) is 5.92 Å². The number of carbonyl (C=O) groups excluding carboxylic acids is 1. The zero-order valence-electron chi connectivity index (χ0n) is 11.0. The molecule has 0 aromatic rings. The van der Waals surface area contributed by atoms with E-state index in [-0.39, 0.29) is 5.91 Å². The average Bonchev–Trinajstić information content (AvgIpc) is 2.37.